The highest BCUT2D eigenvalue weighted by atomic mass is 16.4. The van der Waals surface area contributed by atoms with Gasteiger partial charge < -0.3 is 21.5 Å². The first-order valence-corrected chi connectivity index (χ1v) is 9.78. The summed E-state index contributed by atoms with van der Waals surface area (Å²) in [5.74, 6) is -1.92. The zero-order chi connectivity index (χ0) is 21.3. The third-order valence-electron chi connectivity index (χ3n) is 4.80. The van der Waals surface area contributed by atoms with E-state index >= 15 is 0 Å². The summed E-state index contributed by atoms with van der Waals surface area (Å²) in [5, 5.41) is 14.8. The smallest absolute Gasteiger partial charge is 0.326 e. The van der Waals surface area contributed by atoms with Gasteiger partial charge in [0.1, 0.15) is 12.1 Å². The van der Waals surface area contributed by atoms with Crippen LogP contribution in [0.2, 0.25) is 0 Å². The predicted molar refractivity (Wildman–Crippen MR) is 109 cm³/mol. The molecular formula is C21H33N3O4. The van der Waals surface area contributed by atoms with Crippen molar-refractivity contribution in [2.24, 2.45) is 17.6 Å². The second-order valence-corrected chi connectivity index (χ2v) is 7.69. The average molecular weight is 392 g/mol. The van der Waals surface area contributed by atoms with Gasteiger partial charge in [-0.15, -0.1) is 0 Å². The molecule has 0 aliphatic rings. The van der Waals surface area contributed by atoms with Crippen molar-refractivity contribution in [2.45, 2.75) is 65.1 Å². The van der Waals surface area contributed by atoms with Gasteiger partial charge >= 0.3 is 5.97 Å². The lowest BCUT2D eigenvalue weighted by Crippen LogP contribution is -2.56. The number of nitrogens with one attached hydrogen (secondary N) is 2. The number of benzene rings is 1. The third-order valence-corrected chi connectivity index (χ3v) is 4.80. The molecule has 7 heteroatoms. The summed E-state index contributed by atoms with van der Waals surface area (Å²) in [6.07, 6.45) is 1.30. The maximum Gasteiger partial charge on any atom is 0.326 e. The maximum atomic E-state index is 12.8. The Balaban J connectivity index is 2.86. The van der Waals surface area contributed by atoms with E-state index in [1.54, 1.807) is 12.1 Å². The SMILES string of the molecule is CCC(C)C(N)C(=O)NC(CC(C)C)C(=O)NC(Cc1ccccc1)C(=O)O. The number of hydrogen-bond donors (Lipinski definition) is 4. The standard InChI is InChI=1S/C21H33N3O4/c1-5-14(4)18(22)20(26)23-16(11-13(2)3)19(25)24-17(21(27)28)12-15-9-7-6-8-10-15/h6-10,13-14,16-18H,5,11-12,22H2,1-4H3,(H,23,26)(H,24,25)(H,27,28). The van der Waals surface area contributed by atoms with E-state index in [1.807, 2.05) is 45.9 Å². The van der Waals surface area contributed by atoms with E-state index in [4.69, 9.17) is 5.73 Å². The molecule has 2 amide bonds. The topological polar surface area (TPSA) is 122 Å². The third kappa shape index (κ3) is 7.68. The Kier molecular flexibility index (Phi) is 9.65. The fourth-order valence-corrected chi connectivity index (χ4v) is 2.81. The van der Waals surface area contributed by atoms with Crippen molar-refractivity contribution in [1.29, 1.82) is 0 Å². The van der Waals surface area contributed by atoms with Crippen LogP contribution in [0.1, 0.15) is 46.1 Å². The summed E-state index contributed by atoms with van der Waals surface area (Å²) >= 11 is 0. The summed E-state index contributed by atoms with van der Waals surface area (Å²) in [6.45, 7) is 7.68. The number of carboxylic acids is 1. The van der Waals surface area contributed by atoms with E-state index in [1.165, 1.54) is 0 Å². The van der Waals surface area contributed by atoms with Crippen LogP contribution in [-0.4, -0.2) is 41.0 Å². The summed E-state index contributed by atoms with van der Waals surface area (Å²) in [6, 6.07) is 6.45. The molecule has 0 spiro atoms. The predicted octanol–water partition coefficient (Wildman–Crippen LogP) is 1.70. The van der Waals surface area contributed by atoms with E-state index in [9.17, 15) is 19.5 Å². The van der Waals surface area contributed by atoms with Gasteiger partial charge in [-0.05, 0) is 23.8 Å². The van der Waals surface area contributed by atoms with Gasteiger partial charge in [0.2, 0.25) is 11.8 Å². The lowest BCUT2D eigenvalue weighted by atomic mass is 9.97. The highest BCUT2D eigenvalue weighted by Gasteiger charge is 2.29. The number of hydrogen-bond acceptors (Lipinski definition) is 4. The van der Waals surface area contributed by atoms with Crippen molar-refractivity contribution in [1.82, 2.24) is 10.6 Å². The molecule has 156 valence electrons. The molecule has 0 aromatic heterocycles. The zero-order valence-electron chi connectivity index (χ0n) is 17.1. The fraction of sp³-hybridized carbons (Fsp3) is 0.571. The molecular weight excluding hydrogens is 358 g/mol. The summed E-state index contributed by atoms with van der Waals surface area (Å²) in [4.78, 5) is 36.8. The maximum absolute atomic E-state index is 12.8. The minimum Gasteiger partial charge on any atom is -0.480 e. The lowest BCUT2D eigenvalue weighted by molar-refractivity contribution is -0.142. The Morgan fingerprint density at radius 1 is 1.00 bits per heavy atom. The molecule has 5 N–H and O–H groups in total. The van der Waals surface area contributed by atoms with Crippen LogP contribution in [0.15, 0.2) is 30.3 Å². The Labute approximate surface area is 167 Å². The quantitative estimate of drug-likeness (QED) is 0.457. The average Bonchev–Trinajstić information content (AvgIpc) is 2.65. The van der Waals surface area contributed by atoms with Crippen LogP contribution in [0.25, 0.3) is 0 Å². The van der Waals surface area contributed by atoms with E-state index in [0.717, 1.165) is 12.0 Å². The number of carbonyl (C=O) groups is 3. The molecule has 0 fully saturated rings. The molecule has 0 radical (unpaired) electrons. The second-order valence-electron chi connectivity index (χ2n) is 7.69. The van der Waals surface area contributed by atoms with Gasteiger partial charge in [-0.25, -0.2) is 4.79 Å². The van der Waals surface area contributed by atoms with Gasteiger partial charge in [0.25, 0.3) is 0 Å². The van der Waals surface area contributed by atoms with Crippen LogP contribution in [0, 0.1) is 11.8 Å². The summed E-state index contributed by atoms with van der Waals surface area (Å²) in [5.41, 5.74) is 6.77. The molecule has 0 aliphatic carbocycles. The molecule has 0 aliphatic heterocycles. The monoisotopic (exact) mass is 391 g/mol. The van der Waals surface area contributed by atoms with E-state index in [-0.39, 0.29) is 18.3 Å². The molecule has 7 nitrogen and oxygen atoms in total. The molecule has 1 aromatic carbocycles. The first-order chi connectivity index (χ1) is 13.1. The first-order valence-electron chi connectivity index (χ1n) is 9.78. The van der Waals surface area contributed by atoms with Gasteiger partial charge in [-0.2, -0.15) is 0 Å². The number of rotatable bonds is 11. The fourth-order valence-electron chi connectivity index (χ4n) is 2.81. The summed E-state index contributed by atoms with van der Waals surface area (Å²) < 4.78 is 0. The number of carboxylic acid groups (broad SMARTS) is 1. The minimum absolute atomic E-state index is 0.0207. The van der Waals surface area contributed by atoms with Crippen molar-refractivity contribution in [2.75, 3.05) is 0 Å². The zero-order valence-corrected chi connectivity index (χ0v) is 17.1. The van der Waals surface area contributed by atoms with E-state index in [0.29, 0.717) is 6.42 Å². The van der Waals surface area contributed by atoms with Gasteiger partial charge in [0.05, 0.1) is 6.04 Å². The molecule has 28 heavy (non-hydrogen) atoms. The van der Waals surface area contributed by atoms with E-state index in [2.05, 4.69) is 10.6 Å². The molecule has 4 unspecified atom stereocenters. The highest BCUT2D eigenvalue weighted by Crippen LogP contribution is 2.10. The normalized spacial score (nSPS) is 15.4. The van der Waals surface area contributed by atoms with Crippen molar-refractivity contribution < 1.29 is 19.5 Å². The lowest BCUT2D eigenvalue weighted by Gasteiger charge is -2.25. The Morgan fingerprint density at radius 3 is 2.07 bits per heavy atom. The van der Waals surface area contributed by atoms with Gasteiger partial charge in [0, 0.05) is 6.42 Å². The Morgan fingerprint density at radius 2 is 1.57 bits per heavy atom. The number of amides is 2. The number of nitrogens with two attached hydrogens (primary N) is 1. The molecule has 0 bridgehead atoms. The van der Waals surface area contributed by atoms with E-state index < -0.39 is 35.9 Å². The Hall–Kier alpha value is -2.41. The minimum atomic E-state index is -1.12. The largest absolute Gasteiger partial charge is 0.480 e. The summed E-state index contributed by atoms with van der Waals surface area (Å²) in [7, 11) is 0. The van der Waals surface area contributed by atoms with Crippen LogP contribution in [0.3, 0.4) is 0 Å². The molecule has 0 saturated heterocycles. The van der Waals surface area contributed by atoms with Crippen molar-refractivity contribution in [3.8, 4) is 0 Å². The van der Waals surface area contributed by atoms with Crippen LogP contribution in [-0.2, 0) is 20.8 Å². The van der Waals surface area contributed by atoms with Crippen molar-refractivity contribution >= 4 is 17.8 Å². The van der Waals surface area contributed by atoms with Gasteiger partial charge in [-0.1, -0.05) is 64.4 Å². The van der Waals surface area contributed by atoms with Crippen LogP contribution in [0.5, 0.6) is 0 Å². The molecule has 1 aromatic rings. The molecule has 4 atom stereocenters. The molecule has 0 heterocycles. The molecule has 0 saturated carbocycles. The van der Waals surface area contributed by atoms with Crippen molar-refractivity contribution in [3.63, 3.8) is 0 Å². The number of aliphatic carboxylic acids is 1. The van der Waals surface area contributed by atoms with Gasteiger partial charge in [0.15, 0.2) is 0 Å². The van der Waals surface area contributed by atoms with Crippen LogP contribution in [0.4, 0.5) is 0 Å². The van der Waals surface area contributed by atoms with Crippen molar-refractivity contribution in [3.05, 3.63) is 35.9 Å². The second kappa shape index (κ2) is 11.4. The van der Waals surface area contributed by atoms with Crippen LogP contribution >= 0.6 is 0 Å². The van der Waals surface area contributed by atoms with Gasteiger partial charge in [-0.3, -0.25) is 9.59 Å². The molecule has 1 rings (SSSR count). The highest BCUT2D eigenvalue weighted by molar-refractivity contribution is 5.91. The Bertz CT molecular complexity index is 648. The number of carbonyl (C=O) groups excluding carboxylic acids is 2. The van der Waals surface area contributed by atoms with Crippen LogP contribution < -0.4 is 16.4 Å². The first kappa shape index (κ1) is 23.6.